The number of nitro benzene ring substituents is 1. The maximum Gasteiger partial charge on any atom is 0.270 e. The average molecular weight is 351 g/mol. The number of hydrogen-bond donors (Lipinski definition) is 1. The van der Waals surface area contributed by atoms with Gasteiger partial charge in [-0.2, -0.15) is 0 Å². The molecule has 0 heterocycles. The topological polar surface area (TPSA) is 90.7 Å². The molecule has 2 aromatic carbocycles. The number of amides is 1. The van der Waals surface area contributed by atoms with Crippen molar-refractivity contribution in [2.45, 2.75) is 0 Å². The van der Waals surface area contributed by atoms with E-state index in [9.17, 15) is 14.9 Å². The van der Waals surface area contributed by atoms with E-state index < -0.39 is 10.8 Å². The summed E-state index contributed by atoms with van der Waals surface area (Å²) in [5, 5.41) is 13.3. The number of nitrogens with one attached hydrogen (secondary N) is 1. The van der Waals surface area contributed by atoms with E-state index in [1.807, 2.05) is 0 Å². The van der Waals surface area contributed by atoms with Crippen LogP contribution in [0.1, 0.15) is 10.4 Å². The smallest absolute Gasteiger partial charge is 0.270 e. The molecule has 24 heavy (non-hydrogen) atoms. The number of carbonyl (C=O) groups is 1. The molecule has 8 heteroatoms. The van der Waals surface area contributed by atoms with Gasteiger partial charge in [0, 0.05) is 12.1 Å². The van der Waals surface area contributed by atoms with Gasteiger partial charge >= 0.3 is 0 Å². The van der Waals surface area contributed by atoms with Gasteiger partial charge in [-0.25, -0.2) is 0 Å². The lowest BCUT2D eigenvalue weighted by Crippen LogP contribution is -2.28. The van der Waals surface area contributed by atoms with Crippen LogP contribution in [-0.4, -0.2) is 31.1 Å². The van der Waals surface area contributed by atoms with Crippen molar-refractivity contribution in [2.75, 3.05) is 20.3 Å². The summed E-state index contributed by atoms with van der Waals surface area (Å²) in [7, 11) is 1.58. The van der Waals surface area contributed by atoms with Gasteiger partial charge in [0.25, 0.3) is 11.6 Å². The van der Waals surface area contributed by atoms with Crippen molar-refractivity contribution in [3.05, 3.63) is 63.2 Å². The monoisotopic (exact) mass is 350 g/mol. The lowest BCUT2D eigenvalue weighted by molar-refractivity contribution is -0.384. The fraction of sp³-hybridized carbons (Fsp3) is 0.188. The third kappa shape index (κ3) is 4.60. The molecule has 0 bridgehead atoms. The average Bonchev–Trinajstić information content (AvgIpc) is 2.58. The zero-order valence-corrected chi connectivity index (χ0v) is 13.6. The van der Waals surface area contributed by atoms with Crippen LogP contribution in [0.4, 0.5) is 5.69 Å². The molecule has 0 atom stereocenters. The Labute approximate surface area is 143 Å². The van der Waals surface area contributed by atoms with Crippen LogP contribution >= 0.6 is 11.6 Å². The predicted molar refractivity (Wildman–Crippen MR) is 88.9 cm³/mol. The van der Waals surface area contributed by atoms with Crippen molar-refractivity contribution in [2.24, 2.45) is 0 Å². The molecule has 7 nitrogen and oxygen atoms in total. The molecular formula is C16H15ClN2O5. The quantitative estimate of drug-likeness (QED) is 0.471. The molecule has 1 N–H and O–H groups in total. The third-order valence-corrected chi connectivity index (χ3v) is 3.44. The molecule has 0 saturated carbocycles. The van der Waals surface area contributed by atoms with Crippen LogP contribution in [0.3, 0.4) is 0 Å². The Balaban J connectivity index is 1.83. The minimum atomic E-state index is -0.573. The summed E-state index contributed by atoms with van der Waals surface area (Å²) in [6, 6.07) is 10.7. The van der Waals surface area contributed by atoms with E-state index in [0.717, 1.165) is 11.8 Å². The van der Waals surface area contributed by atoms with Gasteiger partial charge in [-0.05, 0) is 30.3 Å². The third-order valence-electron chi connectivity index (χ3n) is 3.12. The molecule has 0 saturated heterocycles. The molecule has 0 aromatic heterocycles. The summed E-state index contributed by atoms with van der Waals surface area (Å²) in [4.78, 5) is 22.1. The van der Waals surface area contributed by atoms with E-state index >= 15 is 0 Å². The number of benzene rings is 2. The second-order valence-corrected chi connectivity index (χ2v) is 5.11. The van der Waals surface area contributed by atoms with Crippen LogP contribution in [0.15, 0.2) is 42.5 Å². The van der Waals surface area contributed by atoms with E-state index in [-0.39, 0.29) is 29.4 Å². The number of halogens is 1. The summed E-state index contributed by atoms with van der Waals surface area (Å²) < 4.78 is 10.5. The molecule has 1 amide bonds. The molecule has 0 spiro atoms. The van der Waals surface area contributed by atoms with Crippen LogP contribution in [-0.2, 0) is 0 Å². The largest absolute Gasteiger partial charge is 0.497 e. The normalized spacial score (nSPS) is 10.1. The number of ether oxygens (including phenoxy) is 2. The Kier molecular flexibility index (Phi) is 5.97. The van der Waals surface area contributed by atoms with Crippen molar-refractivity contribution in [3.63, 3.8) is 0 Å². The molecule has 126 valence electrons. The van der Waals surface area contributed by atoms with Crippen LogP contribution in [0.5, 0.6) is 11.5 Å². The van der Waals surface area contributed by atoms with Crippen LogP contribution < -0.4 is 14.8 Å². The number of nitrogens with zero attached hydrogens (tertiary/aromatic N) is 1. The minimum Gasteiger partial charge on any atom is -0.497 e. The zero-order chi connectivity index (χ0) is 17.5. The van der Waals surface area contributed by atoms with Gasteiger partial charge in [0.2, 0.25) is 0 Å². The molecule has 0 aliphatic rings. The number of carbonyl (C=O) groups excluding carboxylic acids is 1. The van der Waals surface area contributed by atoms with Crippen LogP contribution in [0.25, 0.3) is 0 Å². The Bertz CT molecular complexity index is 734. The molecule has 0 aliphatic carbocycles. The molecule has 2 rings (SSSR count). The predicted octanol–water partition coefficient (Wildman–Crippen LogP) is 3.07. The van der Waals surface area contributed by atoms with Gasteiger partial charge in [-0.15, -0.1) is 0 Å². The standard InChI is InChI=1S/C16H15ClN2O5/c1-23-12-3-5-13(6-4-12)24-9-8-18-16(20)14-7-2-11(19(21)22)10-15(14)17/h2-7,10H,8-9H2,1H3,(H,18,20). The first-order chi connectivity index (χ1) is 11.5. The first-order valence-electron chi connectivity index (χ1n) is 7.00. The first-order valence-corrected chi connectivity index (χ1v) is 7.38. The molecule has 2 aromatic rings. The van der Waals surface area contributed by atoms with Crippen molar-refractivity contribution in [1.82, 2.24) is 5.32 Å². The highest BCUT2D eigenvalue weighted by Gasteiger charge is 2.14. The van der Waals surface area contributed by atoms with E-state index in [4.69, 9.17) is 21.1 Å². The Morgan fingerprint density at radius 1 is 1.21 bits per heavy atom. The van der Waals surface area contributed by atoms with Crippen molar-refractivity contribution < 1.29 is 19.2 Å². The van der Waals surface area contributed by atoms with E-state index in [1.54, 1.807) is 31.4 Å². The van der Waals surface area contributed by atoms with Crippen LogP contribution in [0, 0.1) is 10.1 Å². The van der Waals surface area contributed by atoms with Gasteiger partial charge < -0.3 is 14.8 Å². The fourth-order valence-corrected chi connectivity index (χ4v) is 2.16. The first kappa shape index (κ1) is 17.6. The van der Waals surface area contributed by atoms with E-state index in [2.05, 4.69) is 5.32 Å². The van der Waals surface area contributed by atoms with Gasteiger partial charge in [-0.1, -0.05) is 11.6 Å². The number of non-ortho nitro benzene ring substituents is 1. The second kappa shape index (κ2) is 8.16. The second-order valence-electron chi connectivity index (χ2n) is 4.70. The Hall–Kier alpha value is -2.80. The summed E-state index contributed by atoms with van der Waals surface area (Å²) >= 11 is 5.90. The van der Waals surface area contributed by atoms with Gasteiger partial charge in [0.1, 0.15) is 18.1 Å². The fourth-order valence-electron chi connectivity index (χ4n) is 1.90. The molecule has 0 fully saturated rings. The highest BCUT2D eigenvalue weighted by Crippen LogP contribution is 2.22. The lowest BCUT2D eigenvalue weighted by atomic mass is 10.2. The van der Waals surface area contributed by atoms with Crippen LogP contribution in [0.2, 0.25) is 5.02 Å². The van der Waals surface area contributed by atoms with Gasteiger partial charge in [-0.3, -0.25) is 14.9 Å². The Morgan fingerprint density at radius 3 is 2.46 bits per heavy atom. The highest BCUT2D eigenvalue weighted by atomic mass is 35.5. The maximum absolute atomic E-state index is 12.0. The summed E-state index contributed by atoms with van der Waals surface area (Å²) in [6.45, 7) is 0.529. The summed E-state index contributed by atoms with van der Waals surface area (Å²) in [5.74, 6) is 0.954. The highest BCUT2D eigenvalue weighted by molar-refractivity contribution is 6.34. The number of hydrogen-bond acceptors (Lipinski definition) is 5. The zero-order valence-electron chi connectivity index (χ0n) is 12.8. The van der Waals surface area contributed by atoms with Crippen molar-refractivity contribution in [3.8, 4) is 11.5 Å². The molecule has 0 aliphatic heterocycles. The van der Waals surface area contributed by atoms with Crippen molar-refractivity contribution in [1.29, 1.82) is 0 Å². The van der Waals surface area contributed by atoms with Gasteiger partial charge in [0.05, 0.1) is 29.2 Å². The number of rotatable bonds is 7. The van der Waals surface area contributed by atoms with Gasteiger partial charge in [0.15, 0.2) is 0 Å². The molecular weight excluding hydrogens is 336 g/mol. The SMILES string of the molecule is COc1ccc(OCCNC(=O)c2ccc([N+](=O)[O-])cc2Cl)cc1. The van der Waals surface area contributed by atoms with E-state index in [0.29, 0.717) is 5.75 Å². The minimum absolute atomic E-state index is 0.0257. The Morgan fingerprint density at radius 2 is 1.88 bits per heavy atom. The van der Waals surface area contributed by atoms with Crippen molar-refractivity contribution >= 4 is 23.2 Å². The summed E-state index contributed by atoms with van der Waals surface area (Å²) in [6.07, 6.45) is 0. The lowest BCUT2D eigenvalue weighted by Gasteiger charge is -2.09. The van der Waals surface area contributed by atoms with E-state index in [1.165, 1.54) is 12.1 Å². The summed E-state index contributed by atoms with van der Waals surface area (Å²) in [5.41, 5.74) is 0.00565. The molecule has 0 unspecified atom stereocenters. The maximum atomic E-state index is 12.0. The number of methoxy groups -OCH3 is 1. The molecule has 0 radical (unpaired) electrons. The number of nitro groups is 1.